The summed E-state index contributed by atoms with van der Waals surface area (Å²) in [5.74, 6) is -5.99. The van der Waals surface area contributed by atoms with Crippen molar-refractivity contribution in [1.82, 2.24) is 4.98 Å². The average molecular weight is 273 g/mol. The molecule has 1 aromatic heterocycles. The first kappa shape index (κ1) is 12.9. The Hall–Kier alpha value is -1.56. The predicted octanol–water partition coefficient (Wildman–Crippen LogP) is 3.93. The Morgan fingerprint density at radius 2 is 1.44 bits per heavy atom. The number of thioether (sulfide) groups is 1. The Bertz CT molecular complexity index is 533. The summed E-state index contributed by atoms with van der Waals surface area (Å²) in [5.41, 5.74) is 0.791. The normalized spacial score (nSPS) is 10.7. The molecule has 1 aromatic carbocycles. The highest BCUT2D eigenvalue weighted by Gasteiger charge is 2.20. The van der Waals surface area contributed by atoms with Crippen LogP contribution in [0.15, 0.2) is 35.2 Å². The summed E-state index contributed by atoms with van der Waals surface area (Å²) in [4.78, 5) is 1.80. The number of pyridine rings is 1. The third-order valence-electron chi connectivity index (χ3n) is 2.18. The van der Waals surface area contributed by atoms with Crippen molar-refractivity contribution >= 4 is 11.8 Å². The Kier molecular flexibility index (Phi) is 3.86. The molecular weight excluding hydrogens is 266 g/mol. The van der Waals surface area contributed by atoms with Gasteiger partial charge in [-0.05, 0) is 5.56 Å². The minimum Gasteiger partial charge on any atom is -0.201 e. The number of hydrogen-bond acceptors (Lipinski definition) is 2. The molecule has 0 radical (unpaired) electrons. The molecule has 0 spiro atoms. The van der Waals surface area contributed by atoms with Gasteiger partial charge >= 0.3 is 0 Å². The van der Waals surface area contributed by atoms with Gasteiger partial charge in [-0.15, -0.1) is 11.8 Å². The van der Waals surface area contributed by atoms with Crippen LogP contribution in [0.5, 0.6) is 0 Å². The first-order valence-electron chi connectivity index (χ1n) is 4.96. The summed E-state index contributed by atoms with van der Waals surface area (Å²) in [5, 5.41) is 0. The Morgan fingerprint density at radius 3 is 2.00 bits per heavy atom. The molecule has 0 bridgehead atoms. The molecule has 94 valence electrons. The standard InChI is InChI=1S/C12H7F4NS/c13-8-10(9(14)12(16)17-11(8)15)18-6-7-4-2-1-3-5-7/h1-5H,6H2. The van der Waals surface area contributed by atoms with Crippen molar-refractivity contribution in [2.45, 2.75) is 10.6 Å². The highest BCUT2D eigenvalue weighted by Crippen LogP contribution is 2.29. The van der Waals surface area contributed by atoms with E-state index in [-0.39, 0.29) is 5.75 Å². The summed E-state index contributed by atoms with van der Waals surface area (Å²) < 4.78 is 52.2. The van der Waals surface area contributed by atoms with Crippen molar-refractivity contribution in [3.8, 4) is 0 Å². The van der Waals surface area contributed by atoms with Crippen LogP contribution in [-0.4, -0.2) is 4.98 Å². The van der Waals surface area contributed by atoms with Gasteiger partial charge in [-0.3, -0.25) is 0 Å². The van der Waals surface area contributed by atoms with Crippen molar-refractivity contribution in [2.75, 3.05) is 0 Å². The second kappa shape index (κ2) is 5.39. The molecule has 2 rings (SSSR count). The van der Waals surface area contributed by atoms with E-state index in [1.807, 2.05) is 0 Å². The fraction of sp³-hybridized carbons (Fsp3) is 0.0833. The molecule has 0 atom stereocenters. The first-order valence-corrected chi connectivity index (χ1v) is 5.95. The molecule has 0 aliphatic rings. The molecule has 18 heavy (non-hydrogen) atoms. The zero-order valence-corrected chi connectivity index (χ0v) is 9.78. The van der Waals surface area contributed by atoms with Crippen LogP contribution >= 0.6 is 11.8 Å². The number of benzene rings is 1. The van der Waals surface area contributed by atoms with Gasteiger partial charge in [0.05, 0.1) is 4.90 Å². The number of halogens is 4. The molecule has 0 N–H and O–H groups in total. The number of hydrogen-bond donors (Lipinski definition) is 0. The molecule has 0 fully saturated rings. The van der Waals surface area contributed by atoms with Gasteiger partial charge in [0.1, 0.15) is 0 Å². The van der Waals surface area contributed by atoms with Gasteiger partial charge in [0.15, 0.2) is 11.6 Å². The van der Waals surface area contributed by atoms with Gasteiger partial charge < -0.3 is 0 Å². The lowest BCUT2D eigenvalue weighted by Crippen LogP contribution is -2.02. The summed E-state index contributed by atoms with van der Waals surface area (Å²) in [7, 11) is 0. The molecule has 0 amide bonds. The van der Waals surface area contributed by atoms with Crippen LogP contribution in [0.1, 0.15) is 5.56 Å². The zero-order chi connectivity index (χ0) is 13.1. The fourth-order valence-corrected chi connectivity index (χ4v) is 2.25. The van der Waals surface area contributed by atoms with Crippen LogP contribution in [0.25, 0.3) is 0 Å². The molecule has 0 aliphatic heterocycles. The van der Waals surface area contributed by atoms with Gasteiger partial charge in [0.2, 0.25) is 0 Å². The highest BCUT2D eigenvalue weighted by molar-refractivity contribution is 7.98. The van der Waals surface area contributed by atoms with E-state index in [1.165, 1.54) is 0 Å². The molecular formula is C12H7F4NS. The van der Waals surface area contributed by atoms with Crippen molar-refractivity contribution in [3.05, 3.63) is 59.4 Å². The molecule has 0 saturated carbocycles. The zero-order valence-electron chi connectivity index (χ0n) is 8.96. The summed E-state index contributed by atoms with van der Waals surface area (Å²) >= 11 is 0.685. The van der Waals surface area contributed by atoms with Crippen molar-refractivity contribution in [1.29, 1.82) is 0 Å². The van der Waals surface area contributed by atoms with Crippen molar-refractivity contribution in [3.63, 3.8) is 0 Å². The van der Waals surface area contributed by atoms with Gasteiger partial charge in [-0.25, -0.2) is 8.78 Å². The molecule has 2 aromatic rings. The molecule has 1 nitrogen and oxygen atoms in total. The van der Waals surface area contributed by atoms with Crippen LogP contribution in [0.2, 0.25) is 0 Å². The quantitative estimate of drug-likeness (QED) is 0.477. The van der Waals surface area contributed by atoms with Crippen LogP contribution in [0.4, 0.5) is 17.6 Å². The van der Waals surface area contributed by atoms with Gasteiger partial charge in [-0.1, -0.05) is 30.3 Å². The monoisotopic (exact) mass is 273 g/mol. The Morgan fingerprint density at radius 1 is 0.889 bits per heavy atom. The maximum atomic E-state index is 13.3. The summed E-state index contributed by atoms with van der Waals surface area (Å²) in [6, 6.07) is 8.81. The van der Waals surface area contributed by atoms with E-state index >= 15 is 0 Å². The first-order chi connectivity index (χ1) is 8.59. The molecule has 1 heterocycles. The van der Waals surface area contributed by atoms with E-state index in [4.69, 9.17) is 0 Å². The molecule has 0 aliphatic carbocycles. The Labute approximate surface area is 105 Å². The average Bonchev–Trinajstić information content (AvgIpc) is 2.38. The lowest BCUT2D eigenvalue weighted by atomic mass is 10.2. The minimum absolute atomic E-state index is 0.206. The third kappa shape index (κ3) is 2.64. The maximum absolute atomic E-state index is 13.3. The van der Waals surface area contributed by atoms with Crippen LogP contribution in [0, 0.1) is 23.5 Å². The molecule has 6 heteroatoms. The van der Waals surface area contributed by atoms with Crippen molar-refractivity contribution in [2.24, 2.45) is 0 Å². The SMILES string of the molecule is Fc1nc(F)c(F)c(SCc2ccccc2)c1F. The number of rotatable bonds is 3. The van der Waals surface area contributed by atoms with Gasteiger partial charge in [0, 0.05) is 5.75 Å². The lowest BCUT2D eigenvalue weighted by Gasteiger charge is -2.05. The van der Waals surface area contributed by atoms with E-state index in [0.717, 1.165) is 5.56 Å². The van der Waals surface area contributed by atoms with E-state index in [9.17, 15) is 17.6 Å². The molecule has 0 saturated heterocycles. The van der Waals surface area contributed by atoms with Crippen molar-refractivity contribution < 1.29 is 17.6 Å². The lowest BCUT2D eigenvalue weighted by molar-refractivity contribution is 0.383. The van der Waals surface area contributed by atoms with Gasteiger partial charge in [-0.2, -0.15) is 13.8 Å². The smallest absolute Gasteiger partial charge is 0.201 e. The van der Waals surface area contributed by atoms with Gasteiger partial charge in [0.25, 0.3) is 11.9 Å². The fourth-order valence-electron chi connectivity index (χ4n) is 1.32. The van der Waals surface area contributed by atoms with E-state index in [0.29, 0.717) is 11.8 Å². The topological polar surface area (TPSA) is 12.9 Å². The minimum atomic E-state index is -1.63. The van der Waals surface area contributed by atoms with E-state index < -0.39 is 28.4 Å². The maximum Gasteiger partial charge on any atom is 0.252 e. The van der Waals surface area contributed by atoms with Crippen LogP contribution in [-0.2, 0) is 5.75 Å². The van der Waals surface area contributed by atoms with E-state index in [1.54, 1.807) is 30.3 Å². The second-order valence-corrected chi connectivity index (χ2v) is 4.41. The summed E-state index contributed by atoms with van der Waals surface area (Å²) in [6.07, 6.45) is 0. The number of nitrogens with zero attached hydrogens (tertiary/aromatic N) is 1. The number of aromatic nitrogens is 1. The van der Waals surface area contributed by atoms with Crippen LogP contribution in [0.3, 0.4) is 0 Å². The van der Waals surface area contributed by atoms with E-state index in [2.05, 4.69) is 4.98 Å². The molecule has 0 unspecified atom stereocenters. The largest absolute Gasteiger partial charge is 0.252 e. The highest BCUT2D eigenvalue weighted by atomic mass is 32.2. The third-order valence-corrected chi connectivity index (χ3v) is 3.31. The van der Waals surface area contributed by atoms with Crippen LogP contribution < -0.4 is 0 Å². The Balaban J connectivity index is 2.24. The predicted molar refractivity (Wildman–Crippen MR) is 60.1 cm³/mol. The summed E-state index contributed by atoms with van der Waals surface area (Å²) in [6.45, 7) is 0. The second-order valence-electron chi connectivity index (χ2n) is 3.42.